The molecule has 1 aliphatic heterocycles. The zero-order valence-electron chi connectivity index (χ0n) is 12.7. The predicted molar refractivity (Wildman–Crippen MR) is 87.7 cm³/mol. The molecule has 114 valence electrons. The molecule has 0 saturated carbocycles. The van der Waals surface area contributed by atoms with Gasteiger partial charge in [-0.3, -0.25) is 4.99 Å². The zero-order chi connectivity index (χ0) is 15.7. The molecule has 0 unspecified atom stereocenters. The molecule has 2 aromatic carbocycles. The number of amidine groups is 1. The summed E-state index contributed by atoms with van der Waals surface area (Å²) in [7, 11) is -3.58. The molecule has 4 nitrogen and oxygen atoms in total. The molecule has 0 atom stereocenters. The molecule has 1 aliphatic rings. The number of rotatable bonds is 3. The first-order valence-electron chi connectivity index (χ1n) is 7.20. The third-order valence-corrected chi connectivity index (χ3v) is 5.68. The van der Waals surface area contributed by atoms with Crippen LogP contribution in [0.4, 0.5) is 0 Å². The lowest BCUT2D eigenvalue weighted by Gasteiger charge is -2.21. The lowest BCUT2D eigenvalue weighted by molar-refractivity contribution is 0.537. The number of aliphatic imine (C=N–C) groups is 1. The summed E-state index contributed by atoms with van der Waals surface area (Å²) >= 11 is 0. The monoisotopic (exact) mass is 314 g/mol. The van der Waals surface area contributed by atoms with Gasteiger partial charge in [0, 0.05) is 5.56 Å². The molecule has 0 aliphatic carbocycles. The summed E-state index contributed by atoms with van der Waals surface area (Å²) < 4.78 is 27.4. The van der Waals surface area contributed by atoms with Gasteiger partial charge in [0.15, 0.2) is 0 Å². The van der Waals surface area contributed by atoms with Crippen molar-refractivity contribution in [3.63, 3.8) is 0 Å². The molecule has 0 fully saturated rings. The third-order valence-electron chi connectivity index (χ3n) is 3.73. The molecule has 0 aromatic heterocycles. The van der Waals surface area contributed by atoms with Gasteiger partial charge < -0.3 is 0 Å². The largest absolute Gasteiger partial charge is 0.265 e. The summed E-state index contributed by atoms with van der Waals surface area (Å²) in [4.78, 5) is 4.74. The van der Waals surface area contributed by atoms with Gasteiger partial charge in [0.1, 0.15) is 5.84 Å². The number of benzene rings is 2. The van der Waals surface area contributed by atoms with Gasteiger partial charge in [0.25, 0.3) is 10.0 Å². The van der Waals surface area contributed by atoms with Crippen molar-refractivity contribution in [2.45, 2.75) is 18.7 Å². The Kier molecular flexibility index (Phi) is 3.74. The molecule has 5 heteroatoms. The Labute approximate surface area is 131 Å². The normalized spacial score (nSPS) is 15.0. The van der Waals surface area contributed by atoms with Crippen LogP contribution in [0.3, 0.4) is 0 Å². The van der Waals surface area contributed by atoms with Gasteiger partial charge in [-0.2, -0.15) is 0 Å². The van der Waals surface area contributed by atoms with Crippen LogP contribution in [0.2, 0.25) is 0 Å². The van der Waals surface area contributed by atoms with E-state index in [9.17, 15) is 8.42 Å². The minimum Gasteiger partial charge on any atom is -0.265 e. The SMILES string of the molecule is Cc1ccc(S(=O)(=O)N2CCN=C2c2ccccc2)c(C)c1. The van der Waals surface area contributed by atoms with Crippen LogP contribution in [-0.2, 0) is 10.0 Å². The average Bonchev–Trinajstić information content (AvgIpc) is 2.98. The van der Waals surface area contributed by atoms with Crippen molar-refractivity contribution in [2.24, 2.45) is 4.99 Å². The molecule has 1 heterocycles. The maximum atomic E-state index is 13.0. The molecule has 0 saturated heterocycles. The first-order chi connectivity index (χ1) is 10.5. The second kappa shape index (κ2) is 5.57. The lowest BCUT2D eigenvalue weighted by Crippen LogP contribution is -2.35. The third kappa shape index (κ3) is 2.52. The standard InChI is InChI=1S/C17H18N2O2S/c1-13-8-9-16(14(2)12-13)22(20,21)19-11-10-18-17(19)15-6-4-3-5-7-15/h3-9,12H,10-11H2,1-2H3. The van der Waals surface area contributed by atoms with Crippen LogP contribution in [0.5, 0.6) is 0 Å². The molecular formula is C17H18N2O2S. The van der Waals surface area contributed by atoms with E-state index in [2.05, 4.69) is 4.99 Å². The summed E-state index contributed by atoms with van der Waals surface area (Å²) in [6, 6.07) is 14.8. The van der Waals surface area contributed by atoms with E-state index in [-0.39, 0.29) is 0 Å². The van der Waals surface area contributed by atoms with Crippen molar-refractivity contribution in [1.82, 2.24) is 4.31 Å². The Morgan fingerprint density at radius 2 is 1.77 bits per heavy atom. The summed E-state index contributed by atoms with van der Waals surface area (Å²) in [5.74, 6) is 0.528. The number of aryl methyl sites for hydroxylation is 2. The van der Waals surface area contributed by atoms with Crippen molar-refractivity contribution in [1.29, 1.82) is 0 Å². The highest BCUT2D eigenvalue weighted by molar-refractivity contribution is 7.89. The van der Waals surface area contributed by atoms with Crippen LogP contribution in [-0.4, -0.2) is 31.6 Å². The number of sulfonamides is 1. The zero-order valence-corrected chi connectivity index (χ0v) is 13.5. The topological polar surface area (TPSA) is 49.7 Å². The highest BCUT2D eigenvalue weighted by Gasteiger charge is 2.32. The molecule has 0 radical (unpaired) electrons. The van der Waals surface area contributed by atoms with Crippen LogP contribution in [0.1, 0.15) is 16.7 Å². The molecular weight excluding hydrogens is 296 g/mol. The highest BCUT2D eigenvalue weighted by atomic mass is 32.2. The Morgan fingerprint density at radius 3 is 2.45 bits per heavy atom. The van der Waals surface area contributed by atoms with Gasteiger partial charge in [0.2, 0.25) is 0 Å². The molecule has 3 rings (SSSR count). The first kappa shape index (κ1) is 14.8. The fourth-order valence-electron chi connectivity index (χ4n) is 2.70. The molecule has 0 amide bonds. The maximum Gasteiger partial charge on any atom is 0.265 e. The van der Waals surface area contributed by atoms with Crippen LogP contribution in [0.25, 0.3) is 0 Å². The van der Waals surface area contributed by atoms with Crippen LogP contribution < -0.4 is 0 Å². The van der Waals surface area contributed by atoms with Crippen molar-refractivity contribution in [3.8, 4) is 0 Å². The maximum absolute atomic E-state index is 13.0. The van der Waals surface area contributed by atoms with E-state index in [0.29, 0.717) is 23.8 Å². The van der Waals surface area contributed by atoms with E-state index in [1.54, 1.807) is 6.07 Å². The van der Waals surface area contributed by atoms with Crippen LogP contribution in [0, 0.1) is 13.8 Å². The summed E-state index contributed by atoms with van der Waals surface area (Å²) in [5, 5.41) is 0. The van der Waals surface area contributed by atoms with Gasteiger partial charge in [-0.25, -0.2) is 12.7 Å². The quantitative estimate of drug-likeness (QED) is 0.874. The minimum absolute atomic E-state index is 0.351. The molecule has 0 bridgehead atoms. The van der Waals surface area contributed by atoms with Gasteiger partial charge in [-0.15, -0.1) is 0 Å². The lowest BCUT2D eigenvalue weighted by atomic mass is 10.2. The Bertz CT molecular complexity index is 827. The van der Waals surface area contributed by atoms with Crippen molar-refractivity contribution in [3.05, 3.63) is 65.2 Å². The second-order valence-electron chi connectivity index (χ2n) is 5.42. The fraction of sp³-hybridized carbons (Fsp3) is 0.235. The van der Waals surface area contributed by atoms with Gasteiger partial charge in [-0.05, 0) is 25.5 Å². The Morgan fingerprint density at radius 1 is 1.05 bits per heavy atom. The van der Waals surface area contributed by atoms with Crippen LogP contribution >= 0.6 is 0 Å². The fourth-order valence-corrected chi connectivity index (χ4v) is 4.35. The summed E-state index contributed by atoms with van der Waals surface area (Å²) in [5.41, 5.74) is 2.64. The van der Waals surface area contributed by atoms with E-state index >= 15 is 0 Å². The summed E-state index contributed by atoms with van der Waals surface area (Å²) in [6.45, 7) is 4.67. The second-order valence-corrected chi connectivity index (χ2v) is 7.25. The molecule has 0 N–H and O–H groups in total. The van der Waals surface area contributed by atoms with E-state index in [4.69, 9.17) is 0 Å². The molecule has 22 heavy (non-hydrogen) atoms. The Balaban J connectivity index is 2.04. The summed E-state index contributed by atoms with van der Waals surface area (Å²) in [6.07, 6.45) is 0. The van der Waals surface area contributed by atoms with E-state index < -0.39 is 10.0 Å². The predicted octanol–water partition coefficient (Wildman–Crippen LogP) is 2.75. The van der Waals surface area contributed by atoms with Crippen molar-refractivity contribution < 1.29 is 8.42 Å². The number of nitrogens with zero attached hydrogens (tertiary/aromatic N) is 2. The van der Waals surface area contributed by atoms with Gasteiger partial charge >= 0.3 is 0 Å². The van der Waals surface area contributed by atoms with E-state index in [1.807, 2.05) is 56.3 Å². The number of hydrogen-bond donors (Lipinski definition) is 0. The van der Waals surface area contributed by atoms with E-state index in [1.165, 1.54) is 4.31 Å². The molecule has 0 spiro atoms. The van der Waals surface area contributed by atoms with Crippen molar-refractivity contribution >= 4 is 15.9 Å². The smallest absolute Gasteiger partial charge is 0.265 e. The van der Waals surface area contributed by atoms with Gasteiger partial charge in [-0.1, -0.05) is 48.0 Å². The van der Waals surface area contributed by atoms with E-state index in [0.717, 1.165) is 16.7 Å². The number of hydrogen-bond acceptors (Lipinski definition) is 3. The Hall–Kier alpha value is -2.14. The van der Waals surface area contributed by atoms with Crippen LogP contribution in [0.15, 0.2) is 58.4 Å². The minimum atomic E-state index is -3.58. The highest BCUT2D eigenvalue weighted by Crippen LogP contribution is 2.24. The van der Waals surface area contributed by atoms with Crippen molar-refractivity contribution in [2.75, 3.05) is 13.1 Å². The van der Waals surface area contributed by atoms with Gasteiger partial charge in [0.05, 0.1) is 18.0 Å². The molecule has 2 aromatic rings. The first-order valence-corrected chi connectivity index (χ1v) is 8.64. The average molecular weight is 314 g/mol.